The summed E-state index contributed by atoms with van der Waals surface area (Å²) in [4.78, 5) is 14.1. The van der Waals surface area contributed by atoms with Crippen LogP contribution in [0.5, 0.6) is 0 Å². The lowest BCUT2D eigenvalue weighted by Crippen LogP contribution is -2.32. The molecule has 6 nitrogen and oxygen atoms in total. The summed E-state index contributed by atoms with van der Waals surface area (Å²) in [7, 11) is -1.71. The molecule has 0 saturated heterocycles. The van der Waals surface area contributed by atoms with Crippen LogP contribution in [0, 0.1) is 11.6 Å². The third-order valence-electron chi connectivity index (χ3n) is 4.55. The molecule has 2 rings (SSSR count). The van der Waals surface area contributed by atoms with Crippen LogP contribution < -0.4 is 14.5 Å². The zero-order chi connectivity index (χ0) is 22.1. The topological polar surface area (TPSA) is 69.7 Å². The van der Waals surface area contributed by atoms with Crippen LogP contribution >= 0.6 is 0 Å². The van der Waals surface area contributed by atoms with Crippen molar-refractivity contribution in [2.24, 2.45) is 0 Å². The van der Waals surface area contributed by atoms with E-state index in [2.05, 4.69) is 10.2 Å². The molecular formula is C21H27F2N3O3S. The number of benzene rings is 2. The van der Waals surface area contributed by atoms with Gasteiger partial charge in [0.15, 0.2) is 11.6 Å². The number of hydrogen-bond acceptors (Lipinski definition) is 4. The van der Waals surface area contributed by atoms with Crippen molar-refractivity contribution in [1.82, 2.24) is 5.32 Å². The molecule has 0 saturated carbocycles. The third kappa shape index (κ3) is 7.29. The van der Waals surface area contributed by atoms with Crippen molar-refractivity contribution < 1.29 is 22.0 Å². The van der Waals surface area contributed by atoms with Crippen LogP contribution in [0.2, 0.25) is 0 Å². The van der Waals surface area contributed by atoms with E-state index in [4.69, 9.17) is 0 Å². The zero-order valence-electron chi connectivity index (χ0n) is 17.1. The lowest BCUT2D eigenvalue weighted by molar-refractivity contribution is -0.121. The minimum atomic E-state index is -3.70. The fourth-order valence-electron chi connectivity index (χ4n) is 2.95. The van der Waals surface area contributed by atoms with E-state index in [1.807, 2.05) is 37.4 Å². The summed E-state index contributed by atoms with van der Waals surface area (Å²) in [6.45, 7) is 1.28. The molecule has 164 valence electrons. The largest absolute Gasteiger partial charge is 0.375 e. The molecule has 9 heteroatoms. The summed E-state index contributed by atoms with van der Waals surface area (Å²) >= 11 is 0. The van der Waals surface area contributed by atoms with Gasteiger partial charge in [-0.05, 0) is 37.1 Å². The number of rotatable bonds is 11. The van der Waals surface area contributed by atoms with Crippen LogP contribution in [0.25, 0.3) is 0 Å². The Morgan fingerprint density at radius 2 is 1.67 bits per heavy atom. The molecule has 0 aliphatic carbocycles. The number of para-hydroxylation sites is 1. The number of amides is 1. The molecule has 2 aromatic carbocycles. The number of anilines is 2. The van der Waals surface area contributed by atoms with Gasteiger partial charge in [0.2, 0.25) is 15.9 Å². The van der Waals surface area contributed by atoms with Gasteiger partial charge >= 0.3 is 0 Å². The van der Waals surface area contributed by atoms with Gasteiger partial charge in [0.1, 0.15) is 0 Å². The highest BCUT2D eigenvalue weighted by Gasteiger charge is 2.19. The number of nitrogens with one attached hydrogen (secondary N) is 1. The van der Waals surface area contributed by atoms with Crippen LogP contribution in [0.3, 0.4) is 0 Å². The van der Waals surface area contributed by atoms with Gasteiger partial charge in [-0.25, -0.2) is 17.2 Å². The lowest BCUT2D eigenvalue weighted by atomic mass is 10.2. The second-order valence-electron chi connectivity index (χ2n) is 7.00. The standard InChI is InChI=1S/C21H27F2N3O3S/c1-25(17-8-4-3-5-9-17)14-7-13-24-21(27)10-6-15-26(30(2,28)29)18-11-12-19(22)20(23)16-18/h3-5,8-9,11-12,16H,6-7,10,13-15H2,1-2H3,(H,24,27). The SMILES string of the molecule is CN(CCCNC(=O)CCCN(c1ccc(F)c(F)c1)S(C)(=O)=O)c1ccccc1. The highest BCUT2D eigenvalue weighted by atomic mass is 32.2. The van der Waals surface area contributed by atoms with Gasteiger partial charge in [-0.2, -0.15) is 0 Å². The fourth-order valence-corrected chi connectivity index (χ4v) is 3.91. The smallest absolute Gasteiger partial charge is 0.232 e. The molecule has 1 N–H and O–H groups in total. The van der Waals surface area contributed by atoms with Gasteiger partial charge in [-0.15, -0.1) is 0 Å². The highest BCUT2D eigenvalue weighted by Crippen LogP contribution is 2.21. The van der Waals surface area contributed by atoms with Crippen LogP contribution in [-0.2, 0) is 14.8 Å². The molecule has 0 aromatic heterocycles. The molecule has 0 fully saturated rings. The van der Waals surface area contributed by atoms with E-state index < -0.39 is 21.7 Å². The van der Waals surface area contributed by atoms with Crippen molar-refractivity contribution in [3.05, 3.63) is 60.2 Å². The molecule has 0 spiro atoms. The fraction of sp³-hybridized carbons (Fsp3) is 0.381. The zero-order valence-corrected chi connectivity index (χ0v) is 18.0. The summed E-state index contributed by atoms with van der Waals surface area (Å²) in [5.41, 5.74) is 1.13. The van der Waals surface area contributed by atoms with Crippen molar-refractivity contribution in [3.8, 4) is 0 Å². The lowest BCUT2D eigenvalue weighted by Gasteiger charge is -2.22. The Kier molecular flexibility index (Phi) is 8.58. The molecular weight excluding hydrogens is 412 g/mol. The maximum absolute atomic E-state index is 13.5. The Morgan fingerprint density at radius 3 is 2.30 bits per heavy atom. The van der Waals surface area contributed by atoms with E-state index in [1.165, 1.54) is 6.07 Å². The molecule has 30 heavy (non-hydrogen) atoms. The van der Waals surface area contributed by atoms with Crippen LogP contribution in [0.1, 0.15) is 19.3 Å². The molecule has 0 heterocycles. The second kappa shape index (κ2) is 10.9. The second-order valence-corrected chi connectivity index (χ2v) is 8.90. The van der Waals surface area contributed by atoms with E-state index in [-0.39, 0.29) is 31.0 Å². The predicted molar refractivity (Wildman–Crippen MR) is 115 cm³/mol. The summed E-state index contributed by atoms with van der Waals surface area (Å²) in [5, 5.41) is 2.82. The Bertz CT molecular complexity index is 940. The first-order valence-corrected chi connectivity index (χ1v) is 11.5. The highest BCUT2D eigenvalue weighted by molar-refractivity contribution is 7.92. The number of hydrogen-bond donors (Lipinski definition) is 1. The van der Waals surface area contributed by atoms with Crippen molar-refractivity contribution in [1.29, 1.82) is 0 Å². The summed E-state index contributed by atoms with van der Waals surface area (Å²) in [5.74, 6) is -2.36. The van der Waals surface area contributed by atoms with E-state index in [9.17, 15) is 22.0 Å². The summed E-state index contributed by atoms with van der Waals surface area (Å²) < 4.78 is 51.5. The maximum atomic E-state index is 13.5. The molecule has 2 aromatic rings. The molecule has 0 radical (unpaired) electrons. The van der Waals surface area contributed by atoms with E-state index >= 15 is 0 Å². The third-order valence-corrected chi connectivity index (χ3v) is 5.74. The minimum absolute atomic E-state index is 0.00588. The number of carbonyl (C=O) groups excluding carboxylic acids is 1. The number of halogens is 2. The molecule has 0 unspecified atom stereocenters. The first kappa shape index (κ1) is 23.6. The van der Waals surface area contributed by atoms with Gasteiger partial charge in [0.05, 0.1) is 11.9 Å². The number of sulfonamides is 1. The number of nitrogens with zero attached hydrogens (tertiary/aromatic N) is 2. The van der Waals surface area contributed by atoms with Crippen LogP contribution in [-0.4, -0.2) is 47.3 Å². The van der Waals surface area contributed by atoms with Crippen molar-refractivity contribution in [3.63, 3.8) is 0 Å². The normalized spacial score (nSPS) is 11.2. The van der Waals surface area contributed by atoms with E-state index in [0.717, 1.165) is 41.3 Å². The quantitative estimate of drug-likeness (QED) is 0.546. The number of carbonyl (C=O) groups is 1. The maximum Gasteiger partial charge on any atom is 0.232 e. The van der Waals surface area contributed by atoms with Gasteiger partial charge in [-0.3, -0.25) is 9.10 Å². The average molecular weight is 440 g/mol. The first-order valence-electron chi connectivity index (χ1n) is 9.64. The average Bonchev–Trinajstić information content (AvgIpc) is 2.70. The predicted octanol–water partition coefficient (Wildman–Crippen LogP) is 3.15. The Hall–Kier alpha value is -2.68. The Balaban J connectivity index is 1.75. The Morgan fingerprint density at radius 1 is 0.967 bits per heavy atom. The van der Waals surface area contributed by atoms with Gasteiger partial charge in [0.25, 0.3) is 0 Å². The Labute approximate surface area is 176 Å². The minimum Gasteiger partial charge on any atom is -0.375 e. The summed E-state index contributed by atoms with van der Waals surface area (Å²) in [6.07, 6.45) is 2.13. The van der Waals surface area contributed by atoms with Crippen molar-refractivity contribution in [2.75, 3.05) is 42.1 Å². The molecule has 0 bridgehead atoms. The monoisotopic (exact) mass is 439 g/mol. The van der Waals surface area contributed by atoms with E-state index in [0.29, 0.717) is 6.54 Å². The van der Waals surface area contributed by atoms with Crippen LogP contribution in [0.15, 0.2) is 48.5 Å². The van der Waals surface area contributed by atoms with Gasteiger partial charge < -0.3 is 10.2 Å². The summed E-state index contributed by atoms with van der Waals surface area (Å²) in [6, 6.07) is 12.8. The molecule has 0 atom stereocenters. The molecule has 1 amide bonds. The van der Waals surface area contributed by atoms with Crippen molar-refractivity contribution >= 4 is 27.3 Å². The molecule has 0 aliphatic rings. The first-order chi connectivity index (χ1) is 14.2. The van der Waals surface area contributed by atoms with Crippen molar-refractivity contribution in [2.45, 2.75) is 19.3 Å². The van der Waals surface area contributed by atoms with Gasteiger partial charge in [-0.1, -0.05) is 18.2 Å². The van der Waals surface area contributed by atoms with Gasteiger partial charge in [0, 0.05) is 44.9 Å². The molecule has 0 aliphatic heterocycles. The van der Waals surface area contributed by atoms with E-state index in [1.54, 1.807) is 0 Å². The van der Waals surface area contributed by atoms with Crippen LogP contribution in [0.4, 0.5) is 20.2 Å².